The number of thiophene rings is 1. The zero-order valence-corrected chi connectivity index (χ0v) is 17.3. The van der Waals surface area contributed by atoms with Gasteiger partial charge in [-0.25, -0.2) is 19.2 Å². The molecule has 4 aromatic rings. The minimum atomic E-state index is -4.82. The average Bonchev–Trinajstić information content (AvgIpc) is 3.35. The molecule has 0 atom stereocenters. The zero-order chi connectivity index (χ0) is 23.8. The lowest BCUT2D eigenvalue weighted by Gasteiger charge is -2.09. The van der Waals surface area contributed by atoms with Crippen LogP contribution in [0.5, 0.6) is 0 Å². The molecule has 0 aliphatic heterocycles. The normalized spacial score (nSPS) is 11.5. The van der Waals surface area contributed by atoms with Crippen molar-refractivity contribution in [2.75, 3.05) is 11.9 Å². The summed E-state index contributed by atoms with van der Waals surface area (Å²) in [6.45, 7) is 0.439. The quantitative estimate of drug-likeness (QED) is 0.381. The number of nitrogens with one attached hydrogen (secondary N) is 1. The van der Waals surface area contributed by atoms with Crippen molar-refractivity contribution in [2.24, 2.45) is 0 Å². The number of nitrogens with zero attached hydrogens (tertiary/aromatic N) is 4. The van der Waals surface area contributed by atoms with Gasteiger partial charge in [0.1, 0.15) is 23.1 Å². The number of fused-ring (bicyclic) bond motifs is 1. The van der Waals surface area contributed by atoms with E-state index in [2.05, 4.69) is 15.3 Å². The molecule has 0 unspecified atom stereocenters. The topological polar surface area (TPSA) is 104 Å². The maximum absolute atomic E-state index is 14.5. The van der Waals surface area contributed by atoms with Crippen LogP contribution in [0, 0.1) is 17.1 Å². The van der Waals surface area contributed by atoms with E-state index in [4.69, 9.17) is 5.11 Å². The van der Waals surface area contributed by atoms with Crippen molar-refractivity contribution >= 4 is 34.0 Å². The first-order valence-corrected chi connectivity index (χ1v) is 10.2. The predicted molar refractivity (Wildman–Crippen MR) is 112 cm³/mol. The predicted octanol–water partition coefficient (Wildman–Crippen LogP) is 5.00. The Morgan fingerprint density at radius 3 is 2.67 bits per heavy atom. The smallest absolute Gasteiger partial charge is 0.418 e. The van der Waals surface area contributed by atoms with Crippen LogP contribution in [-0.4, -0.2) is 32.2 Å². The zero-order valence-electron chi connectivity index (χ0n) is 16.5. The number of anilines is 1. The summed E-state index contributed by atoms with van der Waals surface area (Å²) in [7, 11) is 0. The molecule has 3 heterocycles. The summed E-state index contributed by atoms with van der Waals surface area (Å²) in [6.07, 6.45) is -3.68. The lowest BCUT2D eigenvalue weighted by molar-refractivity contribution is -0.137. The summed E-state index contributed by atoms with van der Waals surface area (Å²) in [5, 5.41) is 21.7. The maximum atomic E-state index is 14.5. The molecule has 33 heavy (non-hydrogen) atoms. The fourth-order valence-electron chi connectivity index (χ4n) is 3.37. The highest BCUT2D eigenvalue weighted by Crippen LogP contribution is 2.40. The third kappa shape index (κ3) is 4.22. The number of rotatable bonds is 6. The molecule has 4 rings (SSSR count). The molecule has 7 nitrogen and oxygen atoms in total. The van der Waals surface area contributed by atoms with Crippen molar-refractivity contribution in [3.63, 3.8) is 0 Å². The van der Waals surface area contributed by atoms with Crippen LogP contribution in [-0.2, 0) is 12.7 Å². The van der Waals surface area contributed by atoms with Crippen molar-refractivity contribution in [3.8, 4) is 16.6 Å². The minimum absolute atomic E-state index is 0.0235. The maximum Gasteiger partial charge on any atom is 0.418 e. The van der Waals surface area contributed by atoms with E-state index >= 15 is 0 Å². The van der Waals surface area contributed by atoms with Gasteiger partial charge in [-0.05, 0) is 18.2 Å². The number of carboxylic acid groups (broad SMARTS) is 1. The van der Waals surface area contributed by atoms with E-state index in [0.717, 1.165) is 12.4 Å². The lowest BCUT2D eigenvalue weighted by Crippen LogP contribution is -2.12. The second-order valence-electron chi connectivity index (χ2n) is 6.81. The van der Waals surface area contributed by atoms with E-state index in [1.807, 2.05) is 6.07 Å². The molecule has 0 saturated heterocycles. The molecule has 0 radical (unpaired) electrons. The van der Waals surface area contributed by atoms with Crippen LogP contribution < -0.4 is 5.32 Å². The van der Waals surface area contributed by atoms with Crippen LogP contribution in [0.2, 0.25) is 0 Å². The molecular formula is C21H13F4N5O2S. The molecule has 3 aromatic heterocycles. The van der Waals surface area contributed by atoms with Crippen LogP contribution in [0.25, 0.3) is 21.5 Å². The highest BCUT2D eigenvalue weighted by molar-refractivity contribution is 7.17. The first kappa shape index (κ1) is 22.2. The Morgan fingerprint density at radius 2 is 2.00 bits per heavy atom. The lowest BCUT2D eigenvalue weighted by atomic mass is 10.2. The van der Waals surface area contributed by atoms with Gasteiger partial charge in [-0.2, -0.15) is 18.4 Å². The summed E-state index contributed by atoms with van der Waals surface area (Å²) in [4.78, 5) is 18.4. The first-order valence-electron chi connectivity index (χ1n) is 9.38. The summed E-state index contributed by atoms with van der Waals surface area (Å²) in [5.41, 5.74) is -0.684. The number of carbonyl (C=O) groups is 1. The Kier molecular flexibility index (Phi) is 5.73. The number of benzene rings is 1. The summed E-state index contributed by atoms with van der Waals surface area (Å²) < 4.78 is 55.5. The molecule has 0 fully saturated rings. The standard InChI is InChI=1S/C21H13F4N5O2S/c22-18-11-3-1-2-4-14(11)30(15(18)9-26)6-5-27-17-8-13(28-10-29-17)16-7-12(21(23,24)25)19(33-16)20(31)32/h1-4,7-8,10H,5-6H2,(H,31,32)(H,27,28,29). The minimum Gasteiger partial charge on any atom is -0.477 e. The van der Waals surface area contributed by atoms with E-state index < -0.39 is 28.4 Å². The molecule has 0 aliphatic rings. The van der Waals surface area contributed by atoms with Gasteiger partial charge in [0.2, 0.25) is 0 Å². The second kappa shape index (κ2) is 8.51. The molecule has 2 N–H and O–H groups in total. The van der Waals surface area contributed by atoms with Gasteiger partial charge >= 0.3 is 12.1 Å². The number of aromatic carboxylic acids is 1. The van der Waals surface area contributed by atoms with Gasteiger partial charge in [0.25, 0.3) is 0 Å². The molecular weight excluding hydrogens is 462 g/mol. The van der Waals surface area contributed by atoms with E-state index in [-0.39, 0.29) is 35.2 Å². The molecule has 0 spiro atoms. The fourth-order valence-corrected chi connectivity index (χ4v) is 4.36. The number of nitriles is 1. The third-order valence-electron chi connectivity index (χ3n) is 4.81. The summed E-state index contributed by atoms with van der Waals surface area (Å²) in [5.74, 6) is -2.01. The van der Waals surface area contributed by atoms with Crippen LogP contribution in [0.3, 0.4) is 0 Å². The van der Waals surface area contributed by atoms with Gasteiger partial charge in [0, 0.05) is 24.5 Å². The Labute approximate surface area is 187 Å². The van der Waals surface area contributed by atoms with E-state index in [1.54, 1.807) is 24.3 Å². The number of aromatic nitrogens is 3. The summed E-state index contributed by atoms with van der Waals surface area (Å²) >= 11 is 0.467. The third-order valence-corrected chi connectivity index (χ3v) is 5.95. The van der Waals surface area contributed by atoms with Crippen molar-refractivity contribution in [1.82, 2.24) is 14.5 Å². The van der Waals surface area contributed by atoms with E-state index in [0.29, 0.717) is 22.2 Å². The Morgan fingerprint density at radius 1 is 1.24 bits per heavy atom. The Balaban J connectivity index is 1.56. The highest BCUT2D eigenvalue weighted by atomic mass is 32.1. The second-order valence-corrected chi connectivity index (χ2v) is 7.87. The van der Waals surface area contributed by atoms with Crippen LogP contribution in [0.1, 0.15) is 20.9 Å². The number of hydrogen-bond acceptors (Lipinski definition) is 6. The van der Waals surface area contributed by atoms with Gasteiger partial charge in [0.15, 0.2) is 11.5 Å². The number of halogens is 4. The Bertz CT molecular complexity index is 1400. The molecule has 0 saturated carbocycles. The molecule has 0 aliphatic carbocycles. The largest absolute Gasteiger partial charge is 0.477 e. The van der Waals surface area contributed by atoms with Crippen LogP contribution >= 0.6 is 11.3 Å². The number of alkyl halides is 3. The monoisotopic (exact) mass is 475 g/mol. The number of para-hydroxylation sites is 1. The average molecular weight is 475 g/mol. The number of hydrogen-bond donors (Lipinski definition) is 2. The number of carboxylic acids is 1. The molecule has 0 amide bonds. The SMILES string of the molecule is N#Cc1c(F)c2ccccc2n1CCNc1cc(-c2cc(C(F)(F)F)c(C(=O)O)s2)ncn1. The molecule has 168 valence electrons. The fraction of sp³-hybridized carbons (Fsp3) is 0.143. The first-order chi connectivity index (χ1) is 15.7. The van der Waals surface area contributed by atoms with Gasteiger partial charge in [0.05, 0.1) is 21.7 Å². The van der Waals surface area contributed by atoms with Crippen LogP contribution in [0.15, 0.2) is 42.7 Å². The van der Waals surface area contributed by atoms with E-state index in [9.17, 15) is 27.6 Å². The summed E-state index contributed by atoms with van der Waals surface area (Å²) in [6, 6.07) is 10.7. The molecule has 1 aromatic carbocycles. The van der Waals surface area contributed by atoms with Gasteiger partial charge in [-0.3, -0.25) is 0 Å². The highest BCUT2D eigenvalue weighted by Gasteiger charge is 2.37. The van der Waals surface area contributed by atoms with Crippen molar-refractivity contribution in [2.45, 2.75) is 12.7 Å². The van der Waals surface area contributed by atoms with Gasteiger partial charge in [-0.1, -0.05) is 12.1 Å². The molecule has 0 bridgehead atoms. The van der Waals surface area contributed by atoms with Gasteiger partial charge < -0.3 is 15.0 Å². The van der Waals surface area contributed by atoms with Gasteiger partial charge in [-0.15, -0.1) is 11.3 Å². The van der Waals surface area contributed by atoms with Crippen molar-refractivity contribution in [3.05, 3.63) is 64.7 Å². The Hall–Kier alpha value is -3.98. The van der Waals surface area contributed by atoms with Crippen LogP contribution in [0.4, 0.5) is 23.4 Å². The molecule has 12 heteroatoms. The van der Waals surface area contributed by atoms with E-state index in [1.165, 1.54) is 10.6 Å². The van der Waals surface area contributed by atoms with Crippen molar-refractivity contribution in [1.29, 1.82) is 5.26 Å². The van der Waals surface area contributed by atoms with Crippen molar-refractivity contribution < 1.29 is 27.5 Å².